The first-order valence-corrected chi connectivity index (χ1v) is 7.75. The van der Waals surface area contributed by atoms with Crippen molar-refractivity contribution in [1.29, 1.82) is 0 Å². The van der Waals surface area contributed by atoms with Gasteiger partial charge in [0.1, 0.15) is 0 Å². The quantitative estimate of drug-likeness (QED) is 0.899. The lowest BCUT2D eigenvalue weighted by atomic mass is 10.0. The summed E-state index contributed by atoms with van der Waals surface area (Å²) in [7, 11) is 0. The Labute approximate surface area is 118 Å². The van der Waals surface area contributed by atoms with E-state index in [1.54, 1.807) is 0 Å². The molecule has 1 aromatic carbocycles. The number of likely N-dealkylation sites (tertiary alicyclic amines) is 1. The average Bonchev–Trinajstić information content (AvgIpc) is 2.64. The van der Waals surface area contributed by atoms with E-state index in [9.17, 15) is 0 Å². The van der Waals surface area contributed by atoms with Gasteiger partial charge in [0.25, 0.3) is 0 Å². The van der Waals surface area contributed by atoms with E-state index >= 15 is 0 Å². The number of nitrogens with zero attached hydrogens (tertiary/aromatic N) is 1. The van der Waals surface area contributed by atoms with Crippen molar-refractivity contribution >= 4 is 0 Å². The molecule has 1 aliphatic rings. The maximum Gasteiger partial charge on any atom is 0.0424 e. The molecule has 0 bridgehead atoms. The lowest BCUT2D eigenvalue weighted by Gasteiger charge is -2.24. The molecule has 0 amide bonds. The first-order chi connectivity index (χ1) is 9.19. The average molecular weight is 260 g/mol. The van der Waals surface area contributed by atoms with Gasteiger partial charge in [-0.2, -0.15) is 0 Å². The molecule has 2 atom stereocenters. The normalized spacial score (nSPS) is 23.0. The molecule has 1 heterocycles. The first kappa shape index (κ1) is 14.5. The molecule has 0 aromatic heterocycles. The van der Waals surface area contributed by atoms with Crippen LogP contribution >= 0.6 is 0 Å². The van der Waals surface area contributed by atoms with E-state index in [0.29, 0.717) is 0 Å². The van der Waals surface area contributed by atoms with Crippen LogP contribution in [-0.4, -0.2) is 24.5 Å². The van der Waals surface area contributed by atoms with Crippen molar-refractivity contribution in [3.8, 4) is 0 Å². The Kier molecular flexibility index (Phi) is 5.41. The lowest BCUT2D eigenvalue weighted by Crippen LogP contribution is -2.33. The summed E-state index contributed by atoms with van der Waals surface area (Å²) in [6, 6.07) is 8.96. The zero-order valence-corrected chi connectivity index (χ0v) is 12.4. The minimum Gasteiger partial charge on any atom is -0.323 e. The predicted molar refractivity (Wildman–Crippen MR) is 82.2 cm³/mol. The Morgan fingerprint density at radius 1 is 1.21 bits per heavy atom. The summed E-state index contributed by atoms with van der Waals surface area (Å²) in [6.07, 6.45) is 5.11. The predicted octanol–water partition coefficient (Wildman–Crippen LogP) is 3.37. The van der Waals surface area contributed by atoms with Crippen molar-refractivity contribution in [2.45, 2.75) is 45.6 Å². The van der Waals surface area contributed by atoms with Gasteiger partial charge >= 0.3 is 0 Å². The Balaban J connectivity index is 1.90. The number of benzene rings is 1. The fourth-order valence-corrected chi connectivity index (χ4v) is 2.89. The summed E-state index contributed by atoms with van der Waals surface area (Å²) in [5, 5.41) is 0. The number of hydrogen-bond donors (Lipinski definition) is 1. The number of aryl methyl sites for hydroxylation is 1. The lowest BCUT2D eigenvalue weighted by molar-refractivity contribution is 0.265. The smallest absolute Gasteiger partial charge is 0.0424 e. The monoisotopic (exact) mass is 260 g/mol. The van der Waals surface area contributed by atoms with Crippen LogP contribution in [0.1, 0.15) is 50.3 Å². The van der Waals surface area contributed by atoms with Crippen molar-refractivity contribution in [3.63, 3.8) is 0 Å². The molecule has 106 valence electrons. The van der Waals surface area contributed by atoms with Crippen LogP contribution in [0.2, 0.25) is 0 Å². The van der Waals surface area contributed by atoms with Crippen LogP contribution in [0.25, 0.3) is 0 Å². The van der Waals surface area contributed by atoms with Gasteiger partial charge in [0.15, 0.2) is 0 Å². The SMILES string of the molecule is CCc1ccc(C(N)CN2CCCC(C)CC2)cc1. The molecule has 1 fully saturated rings. The Morgan fingerprint density at radius 2 is 1.95 bits per heavy atom. The number of rotatable bonds is 4. The van der Waals surface area contributed by atoms with Crippen LogP contribution in [0.4, 0.5) is 0 Å². The second kappa shape index (κ2) is 7.06. The fourth-order valence-electron chi connectivity index (χ4n) is 2.89. The summed E-state index contributed by atoms with van der Waals surface area (Å²) >= 11 is 0. The Morgan fingerprint density at radius 3 is 2.63 bits per heavy atom. The highest BCUT2D eigenvalue weighted by molar-refractivity contribution is 5.25. The molecule has 1 saturated heterocycles. The second-order valence-corrected chi connectivity index (χ2v) is 6.04. The number of nitrogens with two attached hydrogens (primary N) is 1. The van der Waals surface area contributed by atoms with E-state index < -0.39 is 0 Å². The van der Waals surface area contributed by atoms with Crippen LogP contribution in [0.5, 0.6) is 0 Å². The molecule has 2 heteroatoms. The van der Waals surface area contributed by atoms with Gasteiger partial charge < -0.3 is 10.6 Å². The van der Waals surface area contributed by atoms with E-state index in [1.807, 2.05) is 0 Å². The van der Waals surface area contributed by atoms with E-state index in [4.69, 9.17) is 5.73 Å². The third-order valence-corrected chi connectivity index (χ3v) is 4.38. The van der Waals surface area contributed by atoms with Crippen molar-refractivity contribution < 1.29 is 0 Å². The third kappa shape index (κ3) is 4.32. The molecule has 0 radical (unpaired) electrons. The zero-order valence-electron chi connectivity index (χ0n) is 12.4. The molecule has 0 spiro atoms. The van der Waals surface area contributed by atoms with Crippen LogP contribution in [0.3, 0.4) is 0 Å². The van der Waals surface area contributed by atoms with Gasteiger partial charge in [0.05, 0.1) is 0 Å². The van der Waals surface area contributed by atoms with Gasteiger partial charge in [-0.15, -0.1) is 0 Å². The largest absolute Gasteiger partial charge is 0.323 e. The maximum absolute atomic E-state index is 6.36. The zero-order chi connectivity index (χ0) is 13.7. The minimum absolute atomic E-state index is 0.152. The molecular formula is C17H28N2. The van der Waals surface area contributed by atoms with Crippen molar-refractivity contribution in [1.82, 2.24) is 4.90 Å². The van der Waals surface area contributed by atoms with E-state index in [1.165, 1.54) is 43.5 Å². The molecule has 2 rings (SSSR count). The highest BCUT2D eigenvalue weighted by Crippen LogP contribution is 2.19. The molecule has 0 saturated carbocycles. The molecule has 1 aromatic rings. The molecule has 2 nitrogen and oxygen atoms in total. The summed E-state index contributed by atoms with van der Waals surface area (Å²) in [6.45, 7) is 7.98. The molecule has 0 aliphatic carbocycles. The molecular weight excluding hydrogens is 232 g/mol. The Hall–Kier alpha value is -0.860. The molecule has 2 N–H and O–H groups in total. The molecule has 19 heavy (non-hydrogen) atoms. The van der Waals surface area contributed by atoms with Crippen LogP contribution in [-0.2, 0) is 6.42 Å². The second-order valence-electron chi connectivity index (χ2n) is 6.04. The topological polar surface area (TPSA) is 29.3 Å². The van der Waals surface area contributed by atoms with Gasteiger partial charge in [0, 0.05) is 12.6 Å². The van der Waals surface area contributed by atoms with Crippen molar-refractivity contribution in [3.05, 3.63) is 35.4 Å². The highest BCUT2D eigenvalue weighted by atomic mass is 15.1. The fraction of sp³-hybridized carbons (Fsp3) is 0.647. The van der Waals surface area contributed by atoms with Crippen molar-refractivity contribution in [2.24, 2.45) is 11.7 Å². The van der Waals surface area contributed by atoms with Gasteiger partial charge in [-0.25, -0.2) is 0 Å². The van der Waals surface area contributed by atoms with Crippen LogP contribution in [0, 0.1) is 5.92 Å². The van der Waals surface area contributed by atoms with Crippen LogP contribution < -0.4 is 5.73 Å². The first-order valence-electron chi connectivity index (χ1n) is 7.75. The van der Waals surface area contributed by atoms with E-state index in [2.05, 4.69) is 43.0 Å². The van der Waals surface area contributed by atoms with Gasteiger partial charge in [-0.05, 0) is 55.8 Å². The van der Waals surface area contributed by atoms with Gasteiger partial charge in [-0.3, -0.25) is 0 Å². The summed E-state index contributed by atoms with van der Waals surface area (Å²) in [4.78, 5) is 2.54. The van der Waals surface area contributed by atoms with Crippen LogP contribution in [0.15, 0.2) is 24.3 Å². The summed E-state index contributed by atoms with van der Waals surface area (Å²) < 4.78 is 0. The third-order valence-electron chi connectivity index (χ3n) is 4.38. The number of hydrogen-bond acceptors (Lipinski definition) is 2. The Bertz CT molecular complexity index is 371. The molecule has 1 aliphatic heterocycles. The highest BCUT2D eigenvalue weighted by Gasteiger charge is 2.16. The maximum atomic E-state index is 6.36. The van der Waals surface area contributed by atoms with Gasteiger partial charge in [-0.1, -0.05) is 38.1 Å². The minimum atomic E-state index is 0.152. The van der Waals surface area contributed by atoms with E-state index in [0.717, 1.165) is 18.9 Å². The molecule has 2 unspecified atom stereocenters. The van der Waals surface area contributed by atoms with E-state index in [-0.39, 0.29) is 6.04 Å². The summed E-state index contributed by atoms with van der Waals surface area (Å²) in [5.41, 5.74) is 9.02. The standard InChI is InChI=1S/C17H28N2/c1-3-15-6-8-16(9-7-15)17(18)13-19-11-4-5-14(2)10-12-19/h6-9,14,17H,3-5,10-13,18H2,1-2H3. The summed E-state index contributed by atoms with van der Waals surface area (Å²) in [5.74, 6) is 0.880. The van der Waals surface area contributed by atoms with Crippen molar-refractivity contribution in [2.75, 3.05) is 19.6 Å². The van der Waals surface area contributed by atoms with Gasteiger partial charge in [0.2, 0.25) is 0 Å².